The molecular weight excluding hydrogens is 304 g/mol. The van der Waals surface area contributed by atoms with E-state index in [1.165, 1.54) is 0 Å². The number of nitrogens with one attached hydrogen (secondary N) is 1. The van der Waals surface area contributed by atoms with E-state index >= 15 is 0 Å². The molecule has 0 bridgehead atoms. The van der Waals surface area contributed by atoms with Crippen LogP contribution < -0.4 is 5.32 Å². The van der Waals surface area contributed by atoms with Crippen molar-refractivity contribution in [3.05, 3.63) is 36.1 Å². The number of amides is 2. The van der Waals surface area contributed by atoms with Crippen molar-refractivity contribution < 1.29 is 14.0 Å². The fourth-order valence-electron chi connectivity index (χ4n) is 3.22. The van der Waals surface area contributed by atoms with E-state index in [0.29, 0.717) is 25.9 Å². The zero-order valence-electron chi connectivity index (χ0n) is 14.5. The highest BCUT2D eigenvalue weighted by atomic mass is 16.3. The number of nitrogens with zero attached hydrogens (tertiary/aromatic N) is 1. The Bertz CT molecular complexity index is 757. The van der Waals surface area contributed by atoms with Crippen LogP contribution in [0.5, 0.6) is 0 Å². The van der Waals surface area contributed by atoms with Gasteiger partial charge in [0.2, 0.25) is 11.8 Å². The number of para-hydroxylation sites is 1. The van der Waals surface area contributed by atoms with Crippen LogP contribution in [-0.2, 0) is 16.0 Å². The number of carbonyl (C=O) groups is 2. The second kappa shape index (κ2) is 6.30. The number of likely N-dealkylation sites (tertiary alicyclic amines) is 1. The zero-order chi connectivity index (χ0) is 17.3. The topological polar surface area (TPSA) is 62.6 Å². The van der Waals surface area contributed by atoms with E-state index in [9.17, 15) is 9.59 Å². The minimum atomic E-state index is -0.252. The third kappa shape index (κ3) is 3.30. The van der Waals surface area contributed by atoms with Gasteiger partial charge in [0, 0.05) is 30.4 Å². The van der Waals surface area contributed by atoms with E-state index < -0.39 is 0 Å². The third-order valence-electron chi connectivity index (χ3n) is 4.56. The van der Waals surface area contributed by atoms with Crippen molar-refractivity contribution in [3.8, 4) is 0 Å². The molecule has 2 amide bonds. The second-order valence-electron chi connectivity index (χ2n) is 7.37. The molecule has 1 aliphatic rings. The maximum Gasteiger partial charge on any atom is 0.225 e. The van der Waals surface area contributed by atoms with Crippen molar-refractivity contribution in [1.29, 1.82) is 0 Å². The summed E-state index contributed by atoms with van der Waals surface area (Å²) in [6, 6.07) is 7.87. The first-order valence-electron chi connectivity index (χ1n) is 8.39. The number of benzene rings is 1. The zero-order valence-corrected chi connectivity index (χ0v) is 14.5. The molecule has 24 heavy (non-hydrogen) atoms. The fraction of sp³-hybridized carbons (Fsp3) is 0.474. The second-order valence-corrected chi connectivity index (χ2v) is 7.37. The first kappa shape index (κ1) is 16.6. The van der Waals surface area contributed by atoms with Crippen LogP contribution in [0.4, 0.5) is 0 Å². The molecule has 0 radical (unpaired) electrons. The summed E-state index contributed by atoms with van der Waals surface area (Å²) >= 11 is 0. The summed E-state index contributed by atoms with van der Waals surface area (Å²) in [5.74, 6) is -0.232. The van der Waals surface area contributed by atoms with Crippen LogP contribution in [0.3, 0.4) is 0 Å². The molecular formula is C19H24N2O3. The Balaban J connectivity index is 1.54. The van der Waals surface area contributed by atoms with Gasteiger partial charge in [0.05, 0.1) is 12.2 Å². The van der Waals surface area contributed by atoms with Gasteiger partial charge in [0.1, 0.15) is 5.58 Å². The van der Waals surface area contributed by atoms with Crippen molar-refractivity contribution >= 4 is 22.8 Å². The Labute approximate surface area is 142 Å². The monoisotopic (exact) mass is 328 g/mol. The molecule has 3 rings (SSSR count). The van der Waals surface area contributed by atoms with Gasteiger partial charge < -0.3 is 14.6 Å². The summed E-state index contributed by atoms with van der Waals surface area (Å²) in [6.07, 6.45) is 2.77. The third-order valence-corrected chi connectivity index (χ3v) is 4.56. The molecule has 1 aromatic carbocycles. The van der Waals surface area contributed by atoms with Crippen molar-refractivity contribution in [2.24, 2.45) is 5.92 Å². The standard InChI is InChI=1S/C19H24N2O3/c1-19(2,3)21-11-14(10-17(21)22)18(23)20-9-8-13-12-24-16-7-5-4-6-15(13)16/h4-7,12,14H,8-11H2,1-3H3,(H,20,23). The van der Waals surface area contributed by atoms with Crippen LogP contribution in [0.2, 0.25) is 0 Å². The molecule has 5 heteroatoms. The summed E-state index contributed by atoms with van der Waals surface area (Å²) in [5.41, 5.74) is 1.72. The van der Waals surface area contributed by atoms with E-state index in [2.05, 4.69) is 5.32 Å². The Kier molecular flexibility index (Phi) is 4.35. The molecule has 1 aromatic heterocycles. The number of carbonyl (C=O) groups excluding carboxylic acids is 2. The Morgan fingerprint density at radius 2 is 2.08 bits per heavy atom. The maximum atomic E-state index is 12.3. The average molecular weight is 328 g/mol. The van der Waals surface area contributed by atoms with Gasteiger partial charge in [-0.1, -0.05) is 18.2 Å². The Morgan fingerprint density at radius 1 is 1.33 bits per heavy atom. The maximum absolute atomic E-state index is 12.3. The highest BCUT2D eigenvalue weighted by molar-refractivity contribution is 5.89. The summed E-state index contributed by atoms with van der Waals surface area (Å²) in [4.78, 5) is 26.2. The Hall–Kier alpha value is -2.30. The van der Waals surface area contributed by atoms with Gasteiger partial charge in [-0.3, -0.25) is 9.59 Å². The highest BCUT2D eigenvalue weighted by Crippen LogP contribution is 2.26. The normalized spacial score (nSPS) is 18.4. The summed E-state index contributed by atoms with van der Waals surface area (Å²) < 4.78 is 5.51. The number of hydrogen-bond donors (Lipinski definition) is 1. The van der Waals surface area contributed by atoms with E-state index in [-0.39, 0.29) is 23.3 Å². The van der Waals surface area contributed by atoms with E-state index in [1.807, 2.05) is 45.0 Å². The van der Waals surface area contributed by atoms with Crippen LogP contribution in [0.25, 0.3) is 11.0 Å². The molecule has 0 spiro atoms. The van der Waals surface area contributed by atoms with Gasteiger partial charge in [0.25, 0.3) is 0 Å². The van der Waals surface area contributed by atoms with Gasteiger partial charge in [0.15, 0.2) is 0 Å². The molecule has 1 atom stereocenters. The quantitative estimate of drug-likeness (QED) is 0.939. The van der Waals surface area contributed by atoms with Crippen molar-refractivity contribution in [1.82, 2.24) is 10.2 Å². The summed E-state index contributed by atoms with van der Waals surface area (Å²) in [7, 11) is 0. The lowest BCUT2D eigenvalue weighted by Crippen LogP contribution is -2.43. The van der Waals surface area contributed by atoms with Crippen molar-refractivity contribution in [3.63, 3.8) is 0 Å². The van der Waals surface area contributed by atoms with E-state index in [0.717, 1.165) is 16.5 Å². The minimum Gasteiger partial charge on any atom is -0.464 e. The molecule has 0 saturated carbocycles. The molecule has 1 aliphatic heterocycles. The molecule has 5 nitrogen and oxygen atoms in total. The van der Waals surface area contributed by atoms with E-state index in [4.69, 9.17) is 4.42 Å². The van der Waals surface area contributed by atoms with Gasteiger partial charge in [-0.25, -0.2) is 0 Å². The minimum absolute atomic E-state index is 0.0390. The predicted octanol–water partition coefficient (Wildman–Crippen LogP) is 2.74. The summed E-state index contributed by atoms with van der Waals surface area (Å²) in [5, 5.41) is 4.05. The first-order chi connectivity index (χ1) is 11.4. The van der Waals surface area contributed by atoms with Crippen molar-refractivity contribution in [2.45, 2.75) is 39.2 Å². The molecule has 1 saturated heterocycles. The van der Waals surface area contributed by atoms with Gasteiger partial charge in [-0.15, -0.1) is 0 Å². The van der Waals surface area contributed by atoms with Gasteiger partial charge >= 0.3 is 0 Å². The predicted molar refractivity (Wildman–Crippen MR) is 92.5 cm³/mol. The average Bonchev–Trinajstić information content (AvgIpc) is 3.11. The number of fused-ring (bicyclic) bond motifs is 1. The van der Waals surface area contributed by atoms with Gasteiger partial charge in [-0.05, 0) is 38.8 Å². The molecule has 2 aromatic rings. The van der Waals surface area contributed by atoms with Gasteiger partial charge in [-0.2, -0.15) is 0 Å². The lowest BCUT2D eigenvalue weighted by molar-refractivity contribution is -0.132. The van der Waals surface area contributed by atoms with Crippen LogP contribution in [-0.4, -0.2) is 35.3 Å². The number of hydrogen-bond acceptors (Lipinski definition) is 3. The molecule has 128 valence electrons. The van der Waals surface area contributed by atoms with Crippen molar-refractivity contribution in [2.75, 3.05) is 13.1 Å². The van der Waals surface area contributed by atoms with Crippen LogP contribution in [0, 0.1) is 5.92 Å². The lowest BCUT2D eigenvalue weighted by atomic mass is 10.1. The molecule has 0 aliphatic carbocycles. The highest BCUT2D eigenvalue weighted by Gasteiger charge is 2.39. The number of rotatable bonds is 4. The Morgan fingerprint density at radius 3 is 2.79 bits per heavy atom. The molecule has 1 unspecified atom stereocenters. The fourth-order valence-corrected chi connectivity index (χ4v) is 3.22. The SMILES string of the molecule is CC(C)(C)N1CC(C(=O)NCCc2coc3ccccc23)CC1=O. The van der Waals surface area contributed by atoms with Crippen LogP contribution in [0.15, 0.2) is 34.9 Å². The lowest BCUT2D eigenvalue weighted by Gasteiger charge is -2.31. The molecule has 1 N–H and O–H groups in total. The molecule has 1 fully saturated rings. The molecule has 2 heterocycles. The number of furan rings is 1. The smallest absolute Gasteiger partial charge is 0.225 e. The van der Waals surface area contributed by atoms with Crippen LogP contribution in [0.1, 0.15) is 32.8 Å². The van der Waals surface area contributed by atoms with Crippen LogP contribution >= 0.6 is 0 Å². The van der Waals surface area contributed by atoms with E-state index in [1.54, 1.807) is 11.2 Å². The first-order valence-corrected chi connectivity index (χ1v) is 8.39. The largest absolute Gasteiger partial charge is 0.464 e. The summed E-state index contributed by atoms with van der Waals surface area (Å²) in [6.45, 7) is 7.03.